The summed E-state index contributed by atoms with van der Waals surface area (Å²) in [5.74, 6) is -0.435. The Morgan fingerprint density at radius 3 is 1.26 bits per heavy atom. The van der Waals surface area contributed by atoms with E-state index in [-0.39, 0.29) is 16.4 Å². The maximum absolute atomic E-state index is 7.93. The number of hydrogen-bond donors (Lipinski definition) is 4. The Kier molecular flexibility index (Phi) is 3.31. The molecule has 5 nitrogen and oxygen atoms in total. The van der Waals surface area contributed by atoms with Crippen molar-refractivity contribution in [2.75, 3.05) is 0 Å². The molecule has 0 aliphatic carbocycles. The third-order valence-corrected chi connectivity index (χ3v) is 3.01. The number of quaternary nitrogens is 1. The van der Waals surface area contributed by atoms with Gasteiger partial charge in [0, 0.05) is 24.3 Å². The van der Waals surface area contributed by atoms with E-state index in [4.69, 9.17) is 22.3 Å². The van der Waals surface area contributed by atoms with Gasteiger partial charge in [-0.3, -0.25) is 0 Å². The molecule has 2 rings (SSSR count). The first-order valence-corrected chi connectivity index (χ1v) is 5.79. The Labute approximate surface area is 111 Å². The van der Waals surface area contributed by atoms with Gasteiger partial charge in [0.1, 0.15) is 0 Å². The van der Waals surface area contributed by atoms with E-state index in [1.165, 1.54) is 0 Å². The highest BCUT2D eigenvalue weighted by Gasteiger charge is 2.42. The second kappa shape index (κ2) is 4.91. The van der Waals surface area contributed by atoms with Crippen LogP contribution in [0.5, 0.6) is 0 Å². The molecule has 0 spiro atoms. The molecule has 2 aromatic rings. The van der Waals surface area contributed by atoms with E-state index >= 15 is 0 Å². The van der Waals surface area contributed by atoms with Gasteiger partial charge in [-0.25, -0.2) is 10.8 Å². The lowest BCUT2D eigenvalue weighted by atomic mass is 10.2. The number of nitrogens with one attached hydrogen (secondary N) is 2. The molecule has 0 atom stereocenters. The minimum atomic E-state index is -0.387. The third kappa shape index (κ3) is 1.96. The van der Waals surface area contributed by atoms with Crippen LogP contribution in [0, 0.1) is 10.8 Å². The number of guanidine groups is 2. The number of benzene rings is 2. The summed E-state index contributed by atoms with van der Waals surface area (Å²) in [6.45, 7) is 0. The summed E-state index contributed by atoms with van der Waals surface area (Å²) in [6.07, 6.45) is 0. The monoisotopic (exact) mass is 254 g/mol. The van der Waals surface area contributed by atoms with Crippen LogP contribution in [0.1, 0.15) is 0 Å². The van der Waals surface area contributed by atoms with Crippen LogP contribution in [0.15, 0.2) is 60.7 Å². The Balaban J connectivity index is 2.77. The van der Waals surface area contributed by atoms with Crippen LogP contribution >= 0.6 is 0 Å². The first-order valence-electron chi connectivity index (χ1n) is 5.79. The second-order valence-electron chi connectivity index (χ2n) is 4.11. The molecule has 0 aromatic heterocycles. The van der Waals surface area contributed by atoms with Crippen LogP contribution in [0.4, 0.5) is 11.4 Å². The van der Waals surface area contributed by atoms with Gasteiger partial charge in [-0.2, -0.15) is 0 Å². The first-order chi connectivity index (χ1) is 9.10. The summed E-state index contributed by atoms with van der Waals surface area (Å²) in [7, 11) is 0. The van der Waals surface area contributed by atoms with Crippen molar-refractivity contribution in [2.45, 2.75) is 0 Å². The van der Waals surface area contributed by atoms with Gasteiger partial charge in [-0.15, -0.1) is 4.48 Å². The summed E-state index contributed by atoms with van der Waals surface area (Å²) in [5, 5.41) is 15.9. The van der Waals surface area contributed by atoms with Crippen molar-refractivity contribution in [3.8, 4) is 0 Å². The van der Waals surface area contributed by atoms with Crippen LogP contribution in [-0.4, -0.2) is 11.9 Å². The summed E-state index contributed by atoms with van der Waals surface area (Å²) in [6, 6.07) is 18.3. The largest absolute Gasteiger partial charge is 0.337 e. The van der Waals surface area contributed by atoms with Crippen molar-refractivity contribution in [1.29, 1.82) is 10.8 Å². The van der Waals surface area contributed by atoms with E-state index in [9.17, 15) is 0 Å². The molecule has 5 heteroatoms. The molecule has 0 heterocycles. The predicted octanol–water partition coefficient (Wildman–Crippen LogP) is 2.11. The summed E-state index contributed by atoms with van der Waals surface area (Å²) in [4.78, 5) is 0. The standard InChI is InChI=1S/C14H16N5/c15-13(16)19(14(17)18,11-7-3-1-4-8-11)12-9-5-2-6-10-12/h1-10H,(H3,15,16)(H3,17,18)/q+1. The Morgan fingerprint density at radius 2 is 1.00 bits per heavy atom. The number of nitrogens with two attached hydrogens (primary N) is 2. The predicted molar refractivity (Wildman–Crippen MR) is 78.2 cm³/mol. The van der Waals surface area contributed by atoms with Crippen molar-refractivity contribution in [2.24, 2.45) is 11.5 Å². The van der Waals surface area contributed by atoms with Crippen LogP contribution in [0.3, 0.4) is 0 Å². The summed E-state index contributed by atoms with van der Waals surface area (Å²) in [5.41, 5.74) is 12.9. The maximum atomic E-state index is 7.93. The Hall–Kier alpha value is -2.66. The van der Waals surface area contributed by atoms with E-state index in [1.807, 2.05) is 36.4 Å². The fraction of sp³-hybridized carbons (Fsp3) is 0. The van der Waals surface area contributed by atoms with Gasteiger partial charge in [0.25, 0.3) is 0 Å². The molecule has 0 amide bonds. The SMILES string of the molecule is N=C(N)[N+](C(=N)N)(c1ccccc1)c1ccccc1. The minimum absolute atomic E-state index is 0.218. The number of nitrogens with zero attached hydrogens (tertiary/aromatic N) is 1. The van der Waals surface area contributed by atoms with E-state index < -0.39 is 0 Å². The Bertz CT molecular complexity index is 536. The highest BCUT2D eigenvalue weighted by atomic mass is 15.5. The molecule has 0 bridgehead atoms. The van der Waals surface area contributed by atoms with Crippen molar-refractivity contribution < 1.29 is 0 Å². The van der Waals surface area contributed by atoms with Gasteiger partial charge < -0.3 is 11.5 Å². The minimum Gasteiger partial charge on any atom is -0.337 e. The molecule has 0 fully saturated rings. The zero-order valence-electron chi connectivity index (χ0n) is 10.4. The van der Waals surface area contributed by atoms with E-state index in [0.717, 1.165) is 0 Å². The lowest BCUT2D eigenvalue weighted by molar-refractivity contribution is 0.755. The molecule has 2 aromatic carbocycles. The highest BCUT2D eigenvalue weighted by Crippen LogP contribution is 2.33. The molecular formula is C14H16N5+. The molecule has 0 saturated carbocycles. The number of hydrogen-bond acceptors (Lipinski definition) is 2. The molecular weight excluding hydrogens is 238 g/mol. The zero-order chi connectivity index (χ0) is 13.9. The van der Waals surface area contributed by atoms with Gasteiger partial charge in [-0.05, 0) is 0 Å². The van der Waals surface area contributed by atoms with Crippen molar-refractivity contribution in [3.05, 3.63) is 60.7 Å². The fourth-order valence-electron chi connectivity index (χ4n) is 2.14. The molecule has 0 saturated heterocycles. The Morgan fingerprint density at radius 1 is 0.684 bits per heavy atom. The van der Waals surface area contributed by atoms with Crippen LogP contribution < -0.4 is 16.0 Å². The van der Waals surface area contributed by atoms with Gasteiger partial charge in [-0.1, -0.05) is 36.4 Å². The van der Waals surface area contributed by atoms with E-state index in [1.54, 1.807) is 24.3 Å². The van der Waals surface area contributed by atoms with Crippen LogP contribution in [0.2, 0.25) is 0 Å². The van der Waals surface area contributed by atoms with Crippen LogP contribution in [0.25, 0.3) is 0 Å². The second-order valence-corrected chi connectivity index (χ2v) is 4.11. The normalized spacial score (nSPS) is 10.9. The van der Waals surface area contributed by atoms with Crippen molar-refractivity contribution >= 4 is 23.3 Å². The van der Waals surface area contributed by atoms with Gasteiger partial charge in [0.2, 0.25) is 0 Å². The topological polar surface area (TPSA) is 99.7 Å². The molecule has 0 aliphatic heterocycles. The van der Waals surface area contributed by atoms with Crippen molar-refractivity contribution in [3.63, 3.8) is 0 Å². The first kappa shape index (κ1) is 12.8. The van der Waals surface area contributed by atoms with Crippen molar-refractivity contribution in [1.82, 2.24) is 4.48 Å². The zero-order valence-corrected chi connectivity index (χ0v) is 10.4. The molecule has 96 valence electrons. The molecule has 6 N–H and O–H groups in total. The lowest BCUT2D eigenvalue weighted by Crippen LogP contribution is -2.60. The van der Waals surface area contributed by atoms with Gasteiger partial charge in [0.05, 0.1) is 0 Å². The molecule has 0 unspecified atom stereocenters. The highest BCUT2D eigenvalue weighted by molar-refractivity contribution is 6.13. The molecule has 19 heavy (non-hydrogen) atoms. The van der Waals surface area contributed by atoms with E-state index in [0.29, 0.717) is 11.4 Å². The summed E-state index contributed by atoms with van der Waals surface area (Å²) >= 11 is 0. The lowest BCUT2D eigenvalue weighted by Gasteiger charge is -2.32. The van der Waals surface area contributed by atoms with E-state index in [2.05, 4.69) is 0 Å². The average molecular weight is 254 g/mol. The molecule has 0 aliphatic rings. The third-order valence-electron chi connectivity index (χ3n) is 3.01. The van der Waals surface area contributed by atoms with Crippen LogP contribution in [-0.2, 0) is 0 Å². The number of rotatable bonds is 2. The average Bonchev–Trinajstić information content (AvgIpc) is 2.41. The fourth-order valence-corrected chi connectivity index (χ4v) is 2.14. The molecule has 0 radical (unpaired) electrons. The smallest absolute Gasteiger partial charge is 0.310 e. The summed E-state index contributed by atoms with van der Waals surface area (Å²) < 4.78 is -0.387. The van der Waals surface area contributed by atoms with Gasteiger partial charge >= 0.3 is 11.9 Å². The van der Waals surface area contributed by atoms with Gasteiger partial charge in [0.15, 0.2) is 11.4 Å². The maximum Gasteiger partial charge on any atom is 0.310 e. The number of para-hydroxylation sites is 2. The quantitative estimate of drug-likeness (QED) is 0.375.